The number of benzene rings is 2. The van der Waals surface area contributed by atoms with Crippen molar-refractivity contribution in [2.45, 2.75) is 154 Å². The van der Waals surface area contributed by atoms with Gasteiger partial charge in [0.15, 0.2) is 0 Å². The Morgan fingerprint density at radius 3 is 1.46 bits per heavy atom. The number of esters is 2. The summed E-state index contributed by atoms with van der Waals surface area (Å²) in [5.41, 5.74) is 0.272. The van der Waals surface area contributed by atoms with Crippen molar-refractivity contribution in [3.8, 4) is 0 Å². The van der Waals surface area contributed by atoms with Crippen LogP contribution in [0, 0.1) is 11.8 Å². The van der Waals surface area contributed by atoms with Gasteiger partial charge in [-0.05, 0) is 114 Å². The van der Waals surface area contributed by atoms with E-state index in [1.165, 1.54) is 30.2 Å². The van der Waals surface area contributed by atoms with Crippen molar-refractivity contribution in [2.24, 2.45) is 11.8 Å². The number of nitrogens with zero attached hydrogens (tertiary/aromatic N) is 4. The van der Waals surface area contributed by atoms with E-state index in [9.17, 15) is 19.2 Å². The predicted molar refractivity (Wildman–Crippen MR) is 253 cm³/mol. The van der Waals surface area contributed by atoms with Gasteiger partial charge in [0, 0.05) is 50.1 Å². The average molecular weight is 905 g/mol. The van der Waals surface area contributed by atoms with Crippen molar-refractivity contribution in [3.05, 3.63) is 84.4 Å². The minimum absolute atomic E-state index is 0.0187. The Kier molecular flexibility index (Phi) is 18.3. The summed E-state index contributed by atoms with van der Waals surface area (Å²) in [5, 5.41) is 0. The molecule has 0 aromatic heterocycles. The van der Waals surface area contributed by atoms with Crippen LogP contribution in [0.15, 0.2) is 73.3 Å². The van der Waals surface area contributed by atoms with Crippen LogP contribution in [-0.4, -0.2) is 139 Å². The maximum Gasteiger partial charge on any atom is 0.457 e. The first kappa shape index (κ1) is 53.2. The fraction of sp³-hybridized carbons (Fsp3) is 0.640. The molecule has 0 unspecified atom stereocenters. The third-order valence-electron chi connectivity index (χ3n) is 12.8. The summed E-state index contributed by atoms with van der Waals surface area (Å²) in [6.45, 7) is 25.2. The van der Waals surface area contributed by atoms with Crippen molar-refractivity contribution >= 4 is 31.2 Å². The zero-order valence-corrected chi connectivity index (χ0v) is 41.6. The number of hydrogen-bond acceptors (Lipinski definition) is 12. The molecular weight excluding hydrogens is 827 g/mol. The number of rotatable bonds is 14. The van der Waals surface area contributed by atoms with Crippen molar-refractivity contribution in [3.63, 3.8) is 0 Å². The van der Waals surface area contributed by atoms with Gasteiger partial charge in [0.25, 0.3) is 0 Å². The topological polar surface area (TPSA) is 137 Å². The Morgan fingerprint density at radius 1 is 0.708 bits per heavy atom. The third-order valence-corrected chi connectivity index (χ3v) is 12.8. The van der Waals surface area contributed by atoms with Crippen LogP contribution in [0.4, 0.5) is 9.59 Å². The Hall–Kier alpha value is -4.44. The van der Waals surface area contributed by atoms with Crippen LogP contribution in [0.5, 0.6) is 0 Å². The van der Waals surface area contributed by atoms with Crippen LogP contribution in [0.3, 0.4) is 0 Å². The van der Waals surface area contributed by atoms with Gasteiger partial charge in [-0.15, -0.1) is 6.58 Å². The minimum atomic E-state index is -0.721. The maximum atomic E-state index is 13.2. The van der Waals surface area contributed by atoms with Crippen molar-refractivity contribution in [1.82, 2.24) is 19.6 Å². The minimum Gasteiger partial charge on any atom is -0.467 e. The molecular formula is C50H77BN4O10. The van der Waals surface area contributed by atoms with Crippen LogP contribution in [0.1, 0.15) is 99.6 Å². The molecule has 14 nitrogen and oxygen atoms in total. The summed E-state index contributed by atoms with van der Waals surface area (Å²) < 4.78 is 33.8. The van der Waals surface area contributed by atoms with Gasteiger partial charge in [-0.1, -0.05) is 73.2 Å². The molecule has 5 rings (SSSR count). The average Bonchev–Trinajstić information content (AvgIpc) is 3.85. The lowest BCUT2D eigenvalue weighted by Gasteiger charge is -2.32. The van der Waals surface area contributed by atoms with E-state index in [1.807, 2.05) is 120 Å². The highest BCUT2D eigenvalue weighted by molar-refractivity contribution is 6.45. The zero-order chi connectivity index (χ0) is 48.5. The van der Waals surface area contributed by atoms with Crippen molar-refractivity contribution in [1.29, 1.82) is 0 Å². The summed E-state index contributed by atoms with van der Waals surface area (Å²) in [5.74, 6) is -1.09. The lowest BCUT2D eigenvalue weighted by Crippen LogP contribution is -2.46. The quantitative estimate of drug-likeness (QED) is 0.0782. The molecule has 3 heterocycles. The van der Waals surface area contributed by atoms with Gasteiger partial charge in [0.2, 0.25) is 0 Å². The SMILES string of the molecule is C=CC[C@H]1[C@@H](C(=O)OC)N(C(=O)OC(C)(C)C)C[C@@H]1N(C)Cc1ccccc1.COC(=O)[C@@H]1[C@H](CCCB2OC(C)(C)C(C)(C)O2)[C@@H](N(C)Cc2ccccc2)CN1C(=O)OC(C)(C)C. The molecule has 2 amide bonds. The van der Waals surface area contributed by atoms with Gasteiger partial charge in [0.05, 0.1) is 25.4 Å². The molecule has 0 bridgehead atoms. The number of hydrogen-bond donors (Lipinski definition) is 0. The smallest absolute Gasteiger partial charge is 0.457 e. The van der Waals surface area contributed by atoms with Gasteiger partial charge in [-0.25, -0.2) is 19.2 Å². The number of carbonyl (C=O) groups excluding carboxylic acids is 4. The fourth-order valence-corrected chi connectivity index (χ4v) is 8.99. The molecule has 3 fully saturated rings. The molecule has 0 N–H and O–H groups in total. The van der Waals surface area contributed by atoms with Gasteiger partial charge in [0.1, 0.15) is 23.3 Å². The summed E-state index contributed by atoms with van der Waals surface area (Å²) >= 11 is 0. The van der Waals surface area contributed by atoms with E-state index in [-0.39, 0.29) is 42.2 Å². The zero-order valence-electron chi connectivity index (χ0n) is 41.6. The van der Waals surface area contributed by atoms with Crippen molar-refractivity contribution in [2.75, 3.05) is 41.4 Å². The summed E-state index contributed by atoms with van der Waals surface area (Å²) in [7, 11) is 6.48. The first-order chi connectivity index (χ1) is 30.3. The molecule has 2 aromatic carbocycles. The summed E-state index contributed by atoms with van der Waals surface area (Å²) in [4.78, 5) is 59.2. The van der Waals surface area contributed by atoms with E-state index < -0.39 is 47.4 Å². The normalized spacial score (nSPS) is 23.8. The molecule has 6 atom stereocenters. The highest BCUT2D eigenvalue weighted by Gasteiger charge is 2.53. The number of carbonyl (C=O) groups is 4. The molecule has 65 heavy (non-hydrogen) atoms. The van der Waals surface area contributed by atoms with Gasteiger partial charge < -0.3 is 28.3 Å². The number of allylic oxidation sites excluding steroid dienone is 1. The van der Waals surface area contributed by atoms with E-state index >= 15 is 0 Å². The molecule has 2 aromatic rings. The van der Waals surface area contributed by atoms with E-state index in [0.717, 1.165) is 13.0 Å². The molecule has 15 heteroatoms. The molecule has 360 valence electrons. The summed E-state index contributed by atoms with van der Waals surface area (Å²) in [6, 6.07) is 18.8. The molecule has 3 saturated heterocycles. The highest BCUT2D eigenvalue weighted by Crippen LogP contribution is 2.40. The van der Waals surface area contributed by atoms with Crippen LogP contribution in [-0.2, 0) is 50.9 Å². The molecule has 3 aliphatic heterocycles. The van der Waals surface area contributed by atoms with Crippen LogP contribution in [0.2, 0.25) is 6.32 Å². The Labute approximate surface area is 389 Å². The predicted octanol–water partition coefficient (Wildman–Crippen LogP) is 8.24. The van der Waals surface area contributed by atoms with Gasteiger partial charge in [-0.3, -0.25) is 19.6 Å². The number of likely N-dealkylation sites (N-methyl/N-ethyl adjacent to an activating group) is 2. The molecule has 0 spiro atoms. The Morgan fingerprint density at radius 2 is 1.09 bits per heavy atom. The van der Waals surface area contributed by atoms with E-state index in [2.05, 4.69) is 40.6 Å². The first-order valence-corrected chi connectivity index (χ1v) is 22.9. The fourth-order valence-electron chi connectivity index (χ4n) is 8.99. The lowest BCUT2D eigenvalue weighted by atomic mass is 9.79. The van der Waals surface area contributed by atoms with E-state index in [0.29, 0.717) is 38.8 Å². The van der Waals surface area contributed by atoms with Crippen molar-refractivity contribution < 1.29 is 47.4 Å². The van der Waals surface area contributed by atoms with E-state index in [1.54, 1.807) is 11.0 Å². The molecule has 0 radical (unpaired) electrons. The van der Waals surface area contributed by atoms with Crippen LogP contribution < -0.4 is 0 Å². The van der Waals surface area contributed by atoms with Gasteiger partial charge in [-0.2, -0.15) is 0 Å². The maximum absolute atomic E-state index is 13.2. The summed E-state index contributed by atoms with van der Waals surface area (Å²) in [6.07, 6.45) is 3.62. The Balaban J connectivity index is 0.000000296. The number of likely N-dealkylation sites (tertiary alicyclic amines) is 2. The lowest BCUT2D eigenvalue weighted by molar-refractivity contribution is -0.148. The van der Waals surface area contributed by atoms with Crippen LogP contribution in [0.25, 0.3) is 0 Å². The molecule has 3 aliphatic rings. The van der Waals surface area contributed by atoms with Crippen LogP contribution >= 0.6 is 0 Å². The molecule has 0 aliphatic carbocycles. The second-order valence-electron chi connectivity index (χ2n) is 20.6. The standard InChI is InChI=1S/C28H45BN2O6.C22H32N2O4/c1-26(2,3)35-25(33)31-19-22(30(8)18-20-14-11-10-12-15-20)21(23(31)24(32)34-9)16-13-17-29-36-27(4,5)28(6,7)37-29;1-7-11-17-18(23(5)14-16-12-9-8-10-13-16)15-24(19(17)20(25)27-6)21(26)28-22(2,3)4/h10-12,14-15,21-23H,13,16-19H2,1-9H3;7-10,12-13,17-19H,1,11,14-15H2,2-6H3/t21-,22+,23+;17-,18+,19+/m11/s1. The second-order valence-corrected chi connectivity index (χ2v) is 20.6. The largest absolute Gasteiger partial charge is 0.467 e. The Bertz CT molecular complexity index is 1870. The first-order valence-electron chi connectivity index (χ1n) is 22.9. The number of methoxy groups -OCH3 is 2. The molecule has 0 saturated carbocycles. The van der Waals surface area contributed by atoms with Gasteiger partial charge >= 0.3 is 31.2 Å². The number of ether oxygens (including phenoxy) is 4. The van der Waals surface area contributed by atoms with E-state index in [4.69, 9.17) is 28.3 Å². The monoisotopic (exact) mass is 905 g/mol. The second kappa shape index (κ2) is 22.4. The third kappa shape index (κ3) is 14.3. The number of amides is 2. The highest BCUT2D eigenvalue weighted by atomic mass is 16.7.